The molecule has 0 heterocycles. The fourth-order valence-corrected chi connectivity index (χ4v) is 5.20. The summed E-state index contributed by atoms with van der Waals surface area (Å²) >= 11 is 0. The van der Waals surface area contributed by atoms with Crippen LogP contribution in [0.4, 0.5) is 0 Å². The Hall–Kier alpha value is -2.28. The molecule has 2 saturated carbocycles. The van der Waals surface area contributed by atoms with E-state index in [1.165, 1.54) is 38.5 Å². The van der Waals surface area contributed by atoms with E-state index < -0.39 is 18.5 Å². The van der Waals surface area contributed by atoms with Gasteiger partial charge in [0.25, 0.3) is 0 Å². The van der Waals surface area contributed by atoms with E-state index in [9.17, 15) is 9.59 Å². The predicted molar refractivity (Wildman–Crippen MR) is 143 cm³/mol. The summed E-state index contributed by atoms with van der Waals surface area (Å²) in [5, 5.41) is 9.09. The monoisotopic (exact) mass is 520 g/mol. The second-order valence-corrected chi connectivity index (χ2v) is 10.7. The number of ether oxygens (including phenoxy) is 4. The first kappa shape index (κ1) is 30.9. The molecule has 37 heavy (non-hydrogen) atoms. The van der Waals surface area contributed by atoms with Gasteiger partial charge < -0.3 is 24.1 Å². The van der Waals surface area contributed by atoms with Gasteiger partial charge in [-0.3, -0.25) is 0 Å². The van der Waals surface area contributed by atoms with E-state index in [4.69, 9.17) is 24.1 Å². The minimum Gasteiger partial charge on any atom is -0.495 e. The lowest BCUT2D eigenvalue weighted by Crippen LogP contribution is -2.32. The molecule has 2 aliphatic rings. The largest absolute Gasteiger partial charge is 0.495 e. The summed E-state index contributed by atoms with van der Waals surface area (Å²) < 4.78 is 22.6. The lowest BCUT2D eigenvalue weighted by molar-refractivity contribution is -0.146. The average molecular weight is 521 g/mol. The van der Waals surface area contributed by atoms with E-state index in [1.807, 2.05) is 0 Å². The summed E-state index contributed by atoms with van der Waals surface area (Å²) in [5.74, 6) is -0.141. The van der Waals surface area contributed by atoms with Gasteiger partial charge in [0, 0.05) is 11.5 Å². The first-order chi connectivity index (χ1) is 17.8. The lowest BCUT2D eigenvalue weighted by Gasteiger charge is -2.33. The molecule has 2 rings (SSSR count). The molecule has 0 spiro atoms. The zero-order chi connectivity index (χ0) is 27.0. The highest BCUT2D eigenvalue weighted by atomic mass is 16.5. The number of esters is 2. The van der Waals surface area contributed by atoms with E-state index in [1.54, 1.807) is 19.4 Å². The molecule has 0 aromatic heterocycles. The minimum atomic E-state index is -0.633. The molecule has 0 radical (unpaired) electrons. The Morgan fingerprint density at radius 1 is 0.865 bits per heavy atom. The normalized spacial score (nSPS) is 24.7. The second kappa shape index (κ2) is 17.3. The van der Waals surface area contributed by atoms with Gasteiger partial charge in [-0.15, -0.1) is 0 Å². The van der Waals surface area contributed by atoms with Crippen molar-refractivity contribution in [1.82, 2.24) is 0 Å². The van der Waals surface area contributed by atoms with Crippen LogP contribution in [0.2, 0.25) is 0 Å². The number of carbonyl (C=O) groups is 2. The van der Waals surface area contributed by atoms with Crippen molar-refractivity contribution < 1.29 is 33.6 Å². The minimum absolute atomic E-state index is 0.00353. The van der Waals surface area contributed by atoms with Gasteiger partial charge in [-0.05, 0) is 70.1 Å². The molecular formula is C30H48O7. The second-order valence-electron chi connectivity index (χ2n) is 10.7. The van der Waals surface area contributed by atoms with Crippen LogP contribution in [0.5, 0.6) is 0 Å². The molecule has 0 aliphatic heterocycles. The molecule has 2 fully saturated rings. The smallest absolute Gasteiger partial charge is 0.335 e. The Morgan fingerprint density at radius 3 is 1.92 bits per heavy atom. The number of hydrogen-bond donors (Lipinski definition) is 1. The number of aliphatic hydroxyl groups is 1. The van der Waals surface area contributed by atoms with Crippen LogP contribution in [0.15, 0.2) is 36.8 Å². The van der Waals surface area contributed by atoms with Gasteiger partial charge in [0.15, 0.2) is 0 Å². The first-order valence-electron chi connectivity index (χ1n) is 14.1. The summed E-state index contributed by atoms with van der Waals surface area (Å²) in [6, 6.07) is 0. The first-order valence-corrected chi connectivity index (χ1v) is 14.1. The lowest BCUT2D eigenvalue weighted by atomic mass is 9.79. The van der Waals surface area contributed by atoms with Crippen molar-refractivity contribution in [3.63, 3.8) is 0 Å². The van der Waals surface area contributed by atoms with Crippen LogP contribution in [-0.2, 0) is 28.5 Å². The van der Waals surface area contributed by atoms with Gasteiger partial charge in [0.2, 0.25) is 0 Å². The molecule has 7 nitrogen and oxygen atoms in total. The molecule has 0 saturated heterocycles. The summed E-state index contributed by atoms with van der Waals surface area (Å²) in [6.45, 7) is 10.8. The van der Waals surface area contributed by atoms with Gasteiger partial charge in [-0.1, -0.05) is 45.8 Å². The number of hydrogen-bond acceptors (Lipinski definition) is 7. The van der Waals surface area contributed by atoms with Crippen molar-refractivity contribution >= 4 is 11.9 Å². The van der Waals surface area contributed by atoms with Gasteiger partial charge in [0.05, 0.1) is 37.6 Å². The maximum Gasteiger partial charge on any atom is 0.335 e. The van der Waals surface area contributed by atoms with E-state index >= 15 is 0 Å². The Kier molecular flexibility index (Phi) is 14.4. The average Bonchev–Trinajstić information content (AvgIpc) is 2.91. The SMILES string of the molecule is C=C(C)C(=O)OCC(COC(=O)C(=C)CO)C1CCC(O/C=C\OC2CCC(CCCCC)CC2)CC1. The number of rotatable bonds is 16. The number of carbonyl (C=O) groups excluding carboxylic acids is 2. The summed E-state index contributed by atoms with van der Waals surface area (Å²) in [5.41, 5.74) is 0.333. The van der Waals surface area contributed by atoms with Crippen LogP contribution in [0.25, 0.3) is 0 Å². The van der Waals surface area contributed by atoms with Gasteiger partial charge in [-0.2, -0.15) is 0 Å². The highest BCUT2D eigenvalue weighted by Crippen LogP contribution is 2.33. The Labute approximate surface area is 223 Å². The van der Waals surface area contributed by atoms with Crippen LogP contribution >= 0.6 is 0 Å². The van der Waals surface area contributed by atoms with Crippen molar-refractivity contribution in [3.8, 4) is 0 Å². The van der Waals surface area contributed by atoms with E-state index in [0.29, 0.717) is 11.7 Å². The number of unbranched alkanes of at least 4 members (excludes halogenated alkanes) is 2. The van der Waals surface area contributed by atoms with Crippen molar-refractivity contribution in [2.24, 2.45) is 17.8 Å². The Bertz CT molecular complexity index is 743. The van der Waals surface area contributed by atoms with Crippen molar-refractivity contribution in [2.75, 3.05) is 19.8 Å². The van der Waals surface area contributed by atoms with Gasteiger partial charge in [-0.25, -0.2) is 9.59 Å². The molecule has 1 atom stereocenters. The molecule has 0 aromatic carbocycles. The molecule has 0 bridgehead atoms. The molecule has 0 aromatic rings. The van der Waals surface area contributed by atoms with Crippen LogP contribution in [0.1, 0.15) is 90.9 Å². The van der Waals surface area contributed by atoms with Crippen LogP contribution < -0.4 is 0 Å². The molecule has 2 aliphatic carbocycles. The van der Waals surface area contributed by atoms with Crippen LogP contribution in [-0.4, -0.2) is 49.1 Å². The van der Waals surface area contributed by atoms with E-state index in [0.717, 1.165) is 44.4 Å². The predicted octanol–water partition coefficient (Wildman–Crippen LogP) is 6.02. The molecule has 7 heteroatoms. The maximum atomic E-state index is 11.9. The molecular weight excluding hydrogens is 472 g/mol. The Morgan fingerprint density at radius 2 is 1.41 bits per heavy atom. The standard InChI is InChI=1S/C30H48O7/c1-5-6-7-8-24-9-13-27(14-10-24)34-17-18-35-28-15-11-25(12-16-28)26(20-36-29(32)22(2)3)21-37-30(33)23(4)19-31/h17-18,24-28,31H,2,4-16,19-21H2,1,3H3/b18-17-. The zero-order valence-corrected chi connectivity index (χ0v) is 23.0. The summed E-state index contributed by atoms with van der Waals surface area (Å²) in [6.07, 6.45) is 17.4. The van der Waals surface area contributed by atoms with Gasteiger partial charge in [0.1, 0.15) is 12.5 Å². The molecule has 0 amide bonds. The number of aliphatic hydroxyl groups excluding tert-OH is 1. The maximum absolute atomic E-state index is 11.9. The fraction of sp³-hybridized carbons (Fsp3) is 0.733. The Balaban J connectivity index is 1.71. The fourth-order valence-electron chi connectivity index (χ4n) is 5.20. The van der Waals surface area contributed by atoms with E-state index in [-0.39, 0.29) is 36.7 Å². The topological polar surface area (TPSA) is 91.3 Å². The van der Waals surface area contributed by atoms with Gasteiger partial charge >= 0.3 is 11.9 Å². The highest BCUT2D eigenvalue weighted by Gasteiger charge is 2.30. The van der Waals surface area contributed by atoms with Crippen LogP contribution in [0.3, 0.4) is 0 Å². The highest BCUT2D eigenvalue weighted by molar-refractivity contribution is 5.88. The quantitative estimate of drug-likeness (QED) is 0.115. The third-order valence-corrected chi connectivity index (χ3v) is 7.68. The van der Waals surface area contributed by atoms with Crippen molar-refractivity contribution in [3.05, 3.63) is 36.8 Å². The van der Waals surface area contributed by atoms with Crippen molar-refractivity contribution in [2.45, 2.75) is 103 Å². The molecule has 210 valence electrons. The summed E-state index contributed by atoms with van der Waals surface area (Å²) in [4.78, 5) is 23.8. The van der Waals surface area contributed by atoms with Crippen LogP contribution in [0, 0.1) is 17.8 Å². The summed E-state index contributed by atoms with van der Waals surface area (Å²) in [7, 11) is 0. The van der Waals surface area contributed by atoms with E-state index in [2.05, 4.69) is 20.1 Å². The molecule has 1 N–H and O–H groups in total. The van der Waals surface area contributed by atoms with Crippen molar-refractivity contribution in [1.29, 1.82) is 0 Å². The third-order valence-electron chi connectivity index (χ3n) is 7.68. The third kappa shape index (κ3) is 11.8. The molecule has 1 unspecified atom stereocenters. The zero-order valence-electron chi connectivity index (χ0n) is 23.0.